The highest BCUT2D eigenvalue weighted by molar-refractivity contribution is 14.0. The van der Waals surface area contributed by atoms with E-state index in [-0.39, 0.29) is 36.0 Å². The minimum absolute atomic E-state index is 0. The van der Waals surface area contributed by atoms with Gasteiger partial charge in [-0.1, -0.05) is 36.4 Å². The van der Waals surface area contributed by atoms with Gasteiger partial charge in [0.15, 0.2) is 17.5 Å². The number of carbonyl (C=O) groups excluding carboxylic acids is 1. The van der Waals surface area contributed by atoms with Crippen molar-refractivity contribution >= 4 is 35.8 Å². The molecule has 0 spiro atoms. The van der Waals surface area contributed by atoms with Crippen LogP contribution in [0.1, 0.15) is 24.0 Å². The summed E-state index contributed by atoms with van der Waals surface area (Å²) in [6, 6.07) is 16.0. The fourth-order valence-corrected chi connectivity index (χ4v) is 3.71. The highest BCUT2D eigenvalue weighted by atomic mass is 127. The van der Waals surface area contributed by atoms with E-state index in [0.29, 0.717) is 38.6 Å². The van der Waals surface area contributed by atoms with Gasteiger partial charge >= 0.3 is 0 Å². The quantitative estimate of drug-likeness (QED) is 0.338. The van der Waals surface area contributed by atoms with Crippen LogP contribution in [0.3, 0.4) is 0 Å². The van der Waals surface area contributed by atoms with E-state index < -0.39 is 0 Å². The van der Waals surface area contributed by atoms with Crippen molar-refractivity contribution in [1.29, 1.82) is 0 Å². The Bertz CT molecular complexity index is 921. The average molecular weight is 536 g/mol. The van der Waals surface area contributed by atoms with Crippen molar-refractivity contribution < 1.29 is 14.3 Å². The van der Waals surface area contributed by atoms with Gasteiger partial charge in [-0.3, -0.25) is 9.79 Å². The molecule has 1 unspecified atom stereocenters. The van der Waals surface area contributed by atoms with Crippen molar-refractivity contribution in [2.75, 3.05) is 26.7 Å². The van der Waals surface area contributed by atoms with Gasteiger partial charge < -0.3 is 25.0 Å². The van der Waals surface area contributed by atoms with Crippen LogP contribution in [0.2, 0.25) is 0 Å². The summed E-state index contributed by atoms with van der Waals surface area (Å²) < 4.78 is 11.7. The number of hydrogen-bond acceptors (Lipinski definition) is 4. The molecular weight excluding hydrogens is 507 g/mol. The van der Waals surface area contributed by atoms with E-state index in [1.807, 2.05) is 35.2 Å². The number of carbonyl (C=O) groups is 1. The summed E-state index contributed by atoms with van der Waals surface area (Å²) in [5.74, 6) is 2.51. The smallest absolute Gasteiger partial charge is 0.222 e. The lowest BCUT2D eigenvalue weighted by Crippen LogP contribution is -2.45. The first-order chi connectivity index (χ1) is 14.7. The third-order valence-corrected chi connectivity index (χ3v) is 5.28. The molecule has 0 bridgehead atoms. The van der Waals surface area contributed by atoms with Crippen LogP contribution in [0.5, 0.6) is 11.5 Å². The van der Waals surface area contributed by atoms with E-state index in [0.717, 1.165) is 35.6 Å². The van der Waals surface area contributed by atoms with E-state index >= 15 is 0 Å². The molecule has 0 radical (unpaired) electrons. The summed E-state index contributed by atoms with van der Waals surface area (Å²) in [6.07, 6.45) is 1.55. The van der Waals surface area contributed by atoms with E-state index in [1.165, 1.54) is 0 Å². The Morgan fingerprint density at radius 2 is 1.94 bits per heavy atom. The van der Waals surface area contributed by atoms with Crippen molar-refractivity contribution in [1.82, 2.24) is 15.5 Å². The SMILES string of the molecule is CN=C(NCc1cccc(CN2CCCC2=O)c1)NCC1COc2ccccc2O1.I. The predicted octanol–water partition coefficient (Wildman–Crippen LogP) is 2.93. The molecule has 2 aliphatic heterocycles. The molecule has 7 nitrogen and oxygen atoms in total. The highest BCUT2D eigenvalue weighted by Crippen LogP contribution is 2.30. The zero-order valence-electron chi connectivity index (χ0n) is 17.7. The number of hydrogen-bond donors (Lipinski definition) is 2. The number of nitrogens with one attached hydrogen (secondary N) is 2. The first-order valence-electron chi connectivity index (χ1n) is 10.4. The molecule has 2 heterocycles. The molecule has 0 saturated carbocycles. The first kappa shape index (κ1) is 23.2. The Labute approximate surface area is 200 Å². The predicted molar refractivity (Wildman–Crippen MR) is 131 cm³/mol. The van der Waals surface area contributed by atoms with Gasteiger partial charge in [-0.05, 0) is 29.7 Å². The third-order valence-electron chi connectivity index (χ3n) is 5.28. The monoisotopic (exact) mass is 536 g/mol. The van der Waals surface area contributed by atoms with Gasteiger partial charge in [-0.15, -0.1) is 24.0 Å². The van der Waals surface area contributed by atoms with Crippen LogP contribution in [0.25, 0.3) is 0 Å². The highest BCUT2D eigenvalue weighted by Gasteiger charge is 2.21. The van der Waals surface area contributed by atoms with Gasteiger partial charge in [-0.2, -0.15) is 0 Å². The summed E-state index contributed by atoms with van der Waals surface area (Å²) in [5.41, 5.74) is 2.30. The number of benzene rings is 2. The molecule has 166 valence electrons. The van der Waals surface area contributed by atoms with Crippen molar-refractivity contribution in [2.45, 2.75) is 32.0 Å². The molecule has 31 heavy (non-hydrogen) atoms. The largest absolute Gasteiger partial charge is 0.486 e. The minimum atomic E-state index is -0.0835. The molecule has 1 fully saturated rings. The summed E-state index contributed by atoms with van der Waals surface area (Å²) >= 11 is 0. The van der Waals surface area contributed by atoms with E-state index in [2.05, 4.69) is 33.8 Å². The van der Waals surface area contributed by atoms with Crippen molar-refractivity contribution in [2.24, 2.45) is 4.99 Å². The zero-order chi connectivity index (χ0) is 20.8. The van der Waals surface area contributed by atoms with Crippen LogP contribution in [0.4, 0.5) is 0 Å². The summed E-state index contributed by atoms with van der Waals surface area (Å²) in [5, 5.41) is 6.64. The Kier molecular flexibility index (Phi) is 8.39. The number of amides is 1. The van der Waals surface area contributed by atoms with Crippen LogP contribution < -0.4 is 20.1 Å². The topological polar surface area (TPSA) is 75.2 Å². The fraction of sp³-hybridized carbons (Fsp3) is 0.391. The second-order valence-corrected chi connectivity index (χ2v) is 7.54. The summed E-state index contributed by atoms with van der Waals surface area (Å²) in [6.45, 7) is 3.27. The number of aliphatic imine (C=N–C) groups is 1. The second-order valence-electron chi connectivity index (χ2n) is 7.54. The number of guanidine groups is 1. The molecule has 0 aliphatic carbocycles. The Balaban J connectivity index is 0.00000272. The van der Waals surface area contributed by atoms with Crippen molar-refractivity contribution in [3.05, 3.63) is 59.7 Å². The maximum atomic E-state index is 11.9. The lowest BCUT2D eigenvalue weighted by Gasteiger charge is -2.27. The molecule has 2 aromatic carbocycles. The first-order valence-corrected chi connectivity index (χ1v) is 10.4. The normalized spacial score (nSPS) is 17.8. The molecule has 1 atom stereocenters. The van der Waals surface area contributed by atoms with Gasteiger partial charge in [-0.25, -0.2) is 0 Å². The number of rotatable bonds is 6. The Morgan fingerprint density at radius 3 is 2.71 bits per heavy atom. The second kappa shape index (κ2) is 11.2. The van der Waals surface area contributed by atoms with Gasteiger partial charge in [0.05, 0.1) is 6.54 Å². The summed E-state index contributed by atoms with van der Waals surface area (Å²) in [7, 11) is 1.75. The maximum Gasteiger partial charge on any atom is 0.222 e. The lowest BCUT2D eigenvalue weighted by atomic mass is 10.1. The zero-order valence-corrected chi connectivity index (χ0v) is 20.0. The van der Waals surface area contributed by atoms with E-state index in [9.17, 15) is 4.79 Å². The van der Waals surface area contributed by atoms with E-state index in [1.54, 1.807) is 7.05 Å². The van der Waals surface area contributed by atoms with Gasteiger partial charge in [0.2, 0.25) is 5.91 Å². The molecule has 8 heteroatoms. The van der Waals surface area contributed by atoms with Crippen LogP contribution in [-0.4, -0.2) is 49.6 Å². The average Bonchev–Trinajstić information content (AvgIpc) is 3.18. The van der Waals surface area contributed by atoms with Crippen molar-refractivity contribution in [3.8, 4) is 11.5 Å². The Morgan fingerprint density at radius 1 is 1.13 bits per heavy atom. The van der Waals surface area contributed by atoms with Crippen molar-refractivity contribution in [3.63, 3.8) is 0 Å². The molecule has 4 rings (SSSR count). The van der Waals surface area contributed by atoms with Crippen LogP contribution in [0, 0.1) is 0 Å². The van der Waals surface area contributed by atoms with Gasteiger partial charge in [0, 0.05) is 33.1 Å². The number of para-hydroxylation sites is 2. The molecule has 2 aromatic rings. The molecule has 2 aliphatic rings. The number of likely N-dealkylation sites (tertiary alicyclic amines) is 1. The number of ether oxygens (including phenoxy) is 2. The molecule has 1 amide bonds. The number of nitrogens with zero attached hydrogens (tertiary/aromatic N) is 2. The summed E-state index contributed by atoms with van der Waals surface area (Å²) in [4.78, 5) is 18.1. The molecular formula is C23H29IN4O3. The maximum absolute atomic E-state index is 11.9. The lowest BCUT2D eigenvalue weighted by molar-refractivity contribution is -0.128. The molecule has 2 N–H and O–H groups in total. The fourth-order valence-electron chi connectivity index (χ4n) is 3.71. The minimum Gasteiger partial charge on any atom is -0.486 e. The molecule has 1 saturated heterocycles. The third kappa shape index (κ3) is 6.25. The van der Waals surface area contributed by atoms with Gasteiger partial charge in [0.1, 0.15) is 12.7 Å². The Hall–Kier alpha value is -2.49. The van der Waals surface area contributed by atoms with Gasteiger partial charge in [0.25, 0.3) is 0 Å². The number of halogens is 1. The standard InChI is InChI=1S/C23H28N4O3.HI/c1-24-23(26-14-19-16-29-20-8-2-3-9-21(20)30-19)25-13-17-6-4-7-18(12-17)15-27-11-5-10-22(27)28;/h2-4,6-9,12,19H,5,10-11,13-16H2,1H3,(H2,24,25,26);1H. The van der Waals surface area contributed by atoms with E-state index in [4.69, 9.17) is 9.47 Å². The van der Waals surface area contributed by atoms with Crippen LogP contribution in [-0.2, 0) is 17.9 Å². The van der Waals surface area contributed by atoms with Crippen LogP contribution >= 0.6 is 24.0 Å². The van der Waals surface area contributed by atoms with Crippen LogP contribution in [0.15, 0.2) is 53.5 Å². The molecule has 0 aromatic heterocycles. The number of fused-ring (bicyclic) bond motifs is 1.